The van der Waals surface area contributed by atoms with Crippen LogP contribution in [0.2, 0.25) is 0 Å². The van der Waals surface area contributed by atoms with Gasteiger partial charge in [-0.15, -0.1) is 0 Å². The van der Waals surface area contributed by atoms with Crippen molar-refractivity contribution in [2.45, 2.75) is 52.4 Å². The molecule has 0 saturated heterocycles. The molecule has 0 fully saturated rings. The average Bonchev–Trinajstić information content (AvgIpc) is 2.24. The molecule has 2 N–H and O–H groups in total. The molecule has 0 saturated carbocycles. The van der Waals surface area contributed by atoms with Crippen LogP contribution >= 0.6 is 15.9 Å². The summed E-state index contributed by atoms with van der Waals surface area (Å²) >= 11 is 3.49. The summed E-state index contributed by atoms with van der Waals surface area (Å²) < 4.78 is 7.18. The summed E-state index contributed by atoms with van der Waals surface area (Å²) in [6, 6.07) is 8.16. The van der Waals surface area contributed by atoms with E-state index in [0.29, 0.717) is 5.92 Å². The summed E-state index contributed by atoms with van der Waals surface area (Å²) in [4.78, 5) is 0. The number of benzene rings is 1. The molecule has 0 bridgehead atoms. The van der Waals surface area contributed by atoms with Gasteiger partial charge in [0.2, 0.25) is 0 Å². The Kier molecular flexibility index (Phi) is 6.33. The van der Waals surface area contributed by atoms with E-state index in [-0.39, 0.29) is 18.2 Å². The molecule has 0 aliphatic heterocycles. The second kappa shape index (κ2) is 7.27. The van der Waals surface area contributed by atoms with E-state index in [1.165, 1.54) is 0 Å². The minimum Gasteiger partial charge on any atom is -0.369 e. The van der Waals surface area contributed by atoms with Gasteiger partial charge in [0.05, 0.1) is 12.2 Å². The van der Waals surface area contributed by atoms with Gasteiger partial charge in [-0.2, -0.15) is 0 Å². The minimum atomic E-state index is -0.0451. The summed E-state index contributed by atoms with van der Waals surface area (Å²) in [6.07, 6.45) is 1.23. The van der Waals surface area contributed by atoms with Crippen LogP contribution in [0.15, 0.2) is 28.7 Å². The molecule has 0 spiro atoms. The van der Waals surface area contributed by atoms with Crippen LogP contribution < -0.4 is 5.73 Å². The topological polar surface area (TPSA) is 35.2 Å². The Morgan fingerprint density at radius 3 is 2.39 bits per heavy atom. The van der Waals surface area contributed by atoms with Crippen molar-refractivity contribution in [1.82, 2.24) is 0 Å². The van der Waals surface area contributed by atoms with Crippen LogP contribution in [0.4, 0.5) is 0 Å². The maximum Gasteiger partial charge on any atom is 0.0976 e. The van der Waals surface area contributed by atoms with Crippen molar-refractivity contribution in [2.24, 2.45) is 11.7 Å². The van der Waals surface area contributed by atoms with Crippen LogP contribution in [-0.2, 0) is 4.74 Å². The molecule has 0 aromatic heterocycles. The van der Waals surface area contributed by atoms with E-state index in [1.807, 2.05) is 19.1 Å². The lowest BCUT2D eigenvalue weighted by atomic mass is 10.0. The van der Waals surface area contributed by atoms with Gasteiger partial charge in [-0.05, 0) is 43.9 Å². The molecule has 3 heteroatoms. The lowest BCUT2D eigenvalue weighted by Gasteiger charge is -2.27. The molecule has 1 aromatic carbocycles. The van der Waals surface area contributed by atoms with E-state index >= 15 is 0 Å². The molecule has 0 radical (unpaired) electrons. The highest BCUT2D eigenvalue weighted by Crippen LogP contribution is 2.26. The van der Waals surface area contributed by atoms with Crippen molar-refractivity contribution >= 4 is 15.9 Å². The van der Waals surface area contributed by atoms with Gasteiger partial charge in [0.25, 0.3) is 0 Å². The Bertz CT molecular complexity index is 365. The molecule has 2 nitrogen and oxygen atoms in total. The second-order valence-electron chi connectivity index (χ2n) is 5.41. The maximum absolute atomic E-state index is 6.12. The van der Waals surface area contributed by atoms with Crippen molar-refractivity contribution in [3.63, 3.8) is 0 Å². The van der Waals surface area contributed by atoms with E-state index in [4.69, 9.17) is 10.5 Å². The Morgan fingerprint density at radius 2 is 1.89 bits per heavy atom. The molecule has 0 aliphatic carbocycles. The Labute approximate surface area is 119 Å². The fraction of sp³-hybridized carbons (Fsp3) is 0.600. The normalized spacial score (nSPS) is 16.6. The highest BCUT2D eigenvalue weighted by Gasteiger charge is 2.20. The molecule has 0 heterocycles. The van der Waals surface area contributed by atoms with Gasteiger partial charge < -0.3 is 10.5 Å². The third-order valence-electron chi connectivity index (χ3n) is 2.84. The largest absolute Gasteiger partial charge is 0.369 e. The van der Waals surface area contributed by atoms with Gasteiger partial charge in [0, 0.05) is 10.5 Å². The highest BCUT2D eigenvalue weighted by atomic mass is 79.9. The van der Waals surface area contributed by atoms with E-state index in [9.17, 15) is 0 Å². The summed E-state index contributed by atoms with van der Waals surface area (Å²) in [5, 5.41) is 0. The molecule has 18 heavy (non-hydrogen) atoms. The second-order valence-corrected chi connectivity index (χ2v) is 6.33. The summed E-state index contributed by atoms with van der Waals surface area (Å²) in [6.45, 7) is 8.53. The maximum atomic E-state index is 6.12. The monoisotopic (exact) mass is 313 g/mol. The van der Waals surface area contributed by atoms with Gasteiger partial charge in [-0.3, -0.25) is 0 Å². The Balaban J connectivity index is 2.77. The van der Waals surface area contributed by atoms with Crippen molar-refractivity contribution < 1.29 is 4.74 Å². The first kappa shape index (κ1) is 15.7. The fourth-order valence-corrected chi connectivity index (χ4v) is 2.58. The van der Waals surface area contributed by atoms with E-state index < -0.39 is 0 Å². The first-order valence-corrected chi connectivity index (χ1v) is 7.36. The van der Waals surface area contributed by atoms with E-state index in [1.54, 1.807) is 0 Å². The van der Waals surface area contributed by atoms with Crippen LogP contribution in [0.1, 0.15) is 45.8 Å². The quantitative estimate of drug-likeness (QED) is 0.850. The fourth-order valence-electron chi connectivity index (χ4n) is 2.16. The minimum absolute atomic E-state index is 0.0195. The van der Waals surface area contributed by atoms with Gasteiger partial charge in [0.15, 0.2) is 0 Å². The molecule has 0 amide bonds. The molecule has 1 rings (SSSR count). The third-order valence-corrected chi connectivity index (χ3v) is 3.33. The number of rotatable bonds is 6. The molecule has 3 atom stereocenters. The third kappa shape index (κ3) is 5.09. The summed E-state index contributed by atoms with van der Waals surface area (Å²) in [5.74, 6) is 0.635. The standard InChI is InChI=1S/C15H24BrNO/c1-10(2)8-11(3)18-15(12(4)17)13-6-5-7-14(16)9-13/h5-7,9-12,15H,8,17H2,1-4H3. The predicted molar refractivity (Wildman–Crippen MR) is 80.5 cm³/mol. The number of halogens is 1. The summed E-state index contributed by atoms with van der Waals surface area (Å²) in [5.41, 5.74) is 7.19. The molecule has 0 aliphatic rings. The molecule has 102 valence electrons. The zero-order valence-corrected chi connectivity index (χ0v) is 13.3. The van der Waals surface area contributed by atoms with E-state index in [0.717, 1.165) is 16.5 Å². The zero-order chi connectivity index (χ0) is 13.7. The van der Waals surface area contributed by atoms with Gasteiger partial charge >= 0.3 is 0 Å². The number of hydrogen-bond acceptors (Lipinski definition) is 2. The number of ether oxygens (including phenoxy) is 1. The van der Waals surface area contributed by atoms with Crippen LogP contribution in [0.5, 0.6) is 0 Å². The smallest absolute Gasteiger partial charge is 0.0976 e. The molecule has 1 aromatic rings. The predicted octanol–water partition coefficient (Wildman–Crippen LogP) is 4.29. The first-order chi connectivity index (χ1) is 8.40. The van der Waals surface area contributed by atoms with Crippen molar-refractivity contribution in [2.75, 3.05) is 0 Å². The van der Waals surface area contributed by atoms with E-state index in [2.05, 4.69) is 48.8 Å². The van der Waals surface area contributed by atoms with Crippen molar-refractivity contribution in [3.8, 4) is 0 Å². The van der Waals surface area contributed by atoms with Crippen molar-refractivity contribution in [3.05, 3.63) is 34.3 Å². The Hall–Kier alpha value is -0.380. The highest BCUT2D eigenvalue weighted by molar-refractivity contribution is 9.10. The van der Waals surface area contributed by atoms with Crippen LogP contribution in [0, 0.1) is 5.92 Å². The lowest BCUT2D eigenvalue weighted by molar-refractivity contribution is -0.0237. The average molecular weight is 314 g/mol. The summed E-state index contributed by atoms with van der Waals surface area (Å²) in [7, 11) is 0. The lowest BCUT2D eigenvalue weighted by Crippen LogP contribution is -2.30. The number of nitrogens with two attached hydrogens (primary N) is 1. The van der Waals surface area contributed by atoms with Gasteiger partial charge in [-0.1, -0.05) is 41.9 Å². The first-order valence-electron chi connectivity index (χ1n) is 6.56. The van der Waals surface area contributed by atoms with Crippen LogP contribution in [0.3, 0.4) is 0 Å². The van der Waals surface area contributed by atoms with Crippen LogP contribution in [0.25, 0.3) is 0 Å². The van der Waals surface area contributed by atoms with Crippen LogP contribution in [-0.4, -0.2) is 12.1 Å². The van der Waals surface area contributed by atoms with Crippen molar-refractivity contribution in [1.29, 1.82) is 0 Å². The van der Waals surface area contributed by atoms with Gasteiger partial charge in [0.1, 0.15) is 0 Å². The van der Waals surface area contributed by atoms with Gasteiger partial charge in [-0.25, -0.2) is 0 Å². The number of hydrogen-bond donors (Lipinski definition) is 1. The molecular formula is C15H24BrNO. The molecule has 3 unspecified atom stereocenters. The zero-order valence-electron chi connectivity index (χ0n) is 11.7. The SMILES string of the molecule is CC(C)CC(C)OC(c1cccc(Br)c1)C(C)N. The Morgan fingerprint density at radius 1 is 1.22 bits per heavy atom. The molecular weight excluding hydrogens is 290 g/mol.